The van der Waals surface area contributed by atoms with E-state index in [9.17, 15) is 29.8 Å². The zero-order valence-electron chi connectivity index (χ0n) is 15.7. The number of fused-ring (bicyclic) bond motifs is 1. The van der Waals surface area contributed by atoms with Crippen LogP contribution in [0, 0.1) is 26.1 Å². The fourth-order valence-corrected chi connectivity index (χ4v) is 4.72. The molecule has 29 heavy (non-hydrogen) atoms. The van der Waals surface area contributed by atoms with Gasteiger partial charge in [0, 0.05) is 24.1 Å². The molecule has 1 atom stereocenters. The van der Waals surface area contributed by atoms with Gasteiger partial charge in [0.2, 0.25) is 0 Å². The van der Waals surface area contributed by atoms with E-state index >= 15 is 0 Å². The monoisotopic (exact) mass is 418 g/mol. The van der Waals surface area contributed by atoms with Crippen molar-refractivity contribution in [3.63, 3.8) is 0 Å². The number of anilines is 1. The molecule has 0 aliphatic heterocycles. The Hall–Kier alpha value is -3.34. The summed E-state index contributed by atoms with van der Waals surface area (Å²) < 4.78 is 0. The third-order valence-electron chi connectivity index (χ3n) is 4.78. The molecule has 3 rings (SSSR count). The van der Waals surface area contributed by atoms with E-state index in [2.05, 4.69) is 17.6 Å². The third kappa shape index (κ3) is 4.09. The Morgan fingerprint density at radius 3 is 2.28 bits per heavy atom. The van der Waals surface area contributed by atoms with Crippen LogP contribution in [0.15, 0.2) is 18.2 Å². The van der Waals surface area contributed by atoms with Gasteiger partial charge in [0.05, 0.1) is 27.0 Å². The lowest BCUT2D eigenvalue weighted by molar-refractivity contribution is -0.394. The van der Waals surface area contributed by atoms with Gasteiger partial charge < -0.3 is 10.6 Å². The molecule has 2 amide bonds. The highest BCUT2D eigenvalue weighted by Gasteiger charge is 2.28. The van der Waals surface area contributed by atoms with Gasteiger partial charge in [0.1, 0.15) is 5.00 Å². The van der Waals surface area contributed by atoms with Crippen LogP contribution in [0.1, 0.15) is 44.5 Å². The minimum absolute atomic E-state index is 0.228. The predicted octanol–water partition coefficient (Wildman–Crippen LogP) is 3.30. The molecule has 152 valence electrons. The van der Waals surface area contributed by atoms with Crippen LogP contribution in [-0.4, -0.2) is 28.7 Å². The average Bonchev–Trinajstić information content (AvgIpc) is 3.03. The van der Waals surface area contributed by atoms with Crippen molar-refractivity contribution in [2.24, 2.45) is 5.92 Å². The summed E-state index contributed by atoms with van der Waals surface area (Å²) in [7, 11) is 1.49. The molecule has 1 aromatic heterocycles. The zero-order valence-corrected chi connectivity index (χ0v) is 16.5. The molecule has 1 aliphatic carbocycles. The largest absolute Gasteiger partial charge is 0.355 e. The molecule has 0 fully saturated rings. The second kappa shape index (κ2) is 7.95. The molecule has 0 bridgehead atoms. The highest BCUT2D eigenvalue weighted by atomic mass is 32.1. The van der Waals surface area contributed by atoms with Crippen LogP contribution in [0.3, 0.4) is 0 Å². The quantitative estimate of drug-likeness (QED) is 0.563. The number of hydrogen-bond donors (Lipinski definition) is 2. The lowest BCUT2D eigenvalue weighted by atomic mass is 9.88. The highest BCUT2D eigenvalue weighted by Crippen LogP contribution is 2.40. The number of nitrogens with zero attached hydrogens (tertiary/aromatic N) is 2. The van der Waals surface area contributed by atoms with Gasteiger partial charge in [-0.25, -0.2) is 0 Å². The van der Waals surface area contributed by atoms with Crippen molar-refractivity contribution in [2.45, 2.75) is 26.2 Å². The molecule has 1 unspecified atom stereocenters. The molecule has 0 radical (unpaired) electrons. The van der Waals surface area contributed by atoms with Gasteiger partial charge in [-0.3, -0.25) is 29.8 Å². The maximum atomic E-state index is 12.7. The van der Waals surface area contributed by atoms with Crippen molar-refractivity contribution in [1.82, 2.24) is 5.32 Å². The van der Waals surface area contributed by atoms with Crippen molar-refractivity contribution < 1.29 is 19.4 Å². The van der Waals surface area contributed by atoms with Crippen molar-refractivity contribution in [3.8, 4) is 0 Å². The Kier molecular flexibility index (Phi) is 5.59. The number of carbonyl (C=O) groups excluding carboxylic acids is 2. The van der Waals surface area contributed by atoms with Gasteiger partial charge in [-0.05, 0) is 30.7 Å². The number of carbonyl (C=O) groups is 2. The van der Waals surface area contributed by atoms with Gasteiger partial charge in [-0.1, -0.05) is 6.92 Å². The van der Waals surface area contributed by atoms with Crippen LogP contribution in [-0.2, 0) is 12.8 Å². The number of non-ortho nitro benzene ring substituents is 2. The first-order valence-corrected chi connectivity index (χ1v) is 9.64. The fraction of sp³-hybridized carbons (Fsp3) is 0.333. The molecule has 0 spiro atoms. The normalized spacial score (nSPS) is 15.3. The first-order chi connectivity index (χ1) is 13.7. The van der Waals surface area contributed by atoms with E-state index in [4.69, 9.17) is 0 Å². The molecule has 10 nitrogen and oxygen atoms in total. The Bertz CT molecular complexity index is 999. The second-order valence-corrected chi connectivity index (χ2v) is 7.95. The Morgan fingerprint density at radius 2 is 1.72 bits per heavy atom. The maximum Gasteiger partial charge on any atom is 0.277 e. The smallest absolute Gasteiger partial charge is 0.277 e. The number of rotatable bonds is 5. The number of nitrogens with one attached hydrogen (secondary N) is 2. The summed E-state index contributed by atoms with van der Waals surface area (Å²) in [5, 5.41) is 27.6. The Morgan fingerprint density at radius 1 is 1.10 bits per heavy atom. The number of thiophene rings is 1. The van der Waals surface area contributed by atoms with Crippen molar-refractivity contribution in [2.75, 3.05) is 12.4 Å². The summed E-state index contributed by atoms with van der Waals surface area (Å²) in [6.45, 7) is 2.11. The van der Waals surface area contributed by atoms with E-state index in [0.717, 1.165) is 41.5 Å². The fourth-order valence-electron chi connectivity index (χ4n) is 3.32. The van der Waals surface area contributed by atoms with Crippen LogP contribution in [0.2, 0.25) is 0 Å². The summed E-state index contributed by atoms with van der Waals surface area (Å²) in [6, 6.07) is 2.73. The van der Waals surface area contributed by atoms with Crippen LogP contribution < -0.4 is 10.6 Å². The molecule has 11 heteroatoms. The molecule has 2 aromatic rings. The van der Waals surface area contributed by atoms with Gasteiger partial charge in [-0.2, -0.15) is 0 Å². The maximum absolute atomic E-state index is 12.7. The van der Waals surface area contributed by atoms with E-state index < -0.39 is 27.1 Å². The molecular formula is C18H18N4O6S. The highest BCUT2D eigenvalue weighted by molar-refractivity contribution is 7.17. The van der Waals surface area contributed by atoms with Crippen molar-refractivity contribution >= 4 is 39.5 Å². The van der Waals surface area contributed by atoms with Gasteiger partial charge >= 0.3 is 0 Å². The summed E-state index contributed by atoms with van der Waals surface area (Å²) in [5.74, 6) is -0.632. The number of amides is 2. The van der Waals surface area contributed by atoms with Gasteiger partial charge in [0.25, 0.3) is 23.2 Å². The van der Waals surface area contributed by atoms with Crippen LogP contribution in [0.25, 0.3) is 0 Å². The number of hydrogen-bond acceptors (Lipinski definition) is 7. The van der Waals surface area contributed by atoms with Gasteiger partial charge in [0.15, 0.2) is 0 Å². The summed E-state index contributed by atoms with van der Waals surface area (Å²) in [5.41, 5.74) is -0.0701. The van der Waals surface area contributed by atoms with E-state index in [-0.39, 0.29) is 11.5 Å². The lowest BCUT2D eigenvalue weighted by Gasteiger charge is -2.18. The first kappa shape index (κ1) is 20.4. The van der Waals surface area contributed by atoms with E-state index in [1.807, 2.05) is 0 Å². The molecule has 1 heterocycles. The predicted molar refractivity (Wildman–Crippen MR) is 107 cm³/mol. The van der Waals surface area contributed by atoms with Crippen molar-refractivity contribution in [1.29, 1.82) is 0 Å². The molecular weight excluding hydrogens is 400 g/mol. The van der Waals surface area contributed by atoms with Crippen molar-refractivity contribution in [3.05, 3.63) is 60.0 Å². The number of nitro benzene ring substituents is 2. The molecule has 2 N–H and O–H groups in total. The van der Waals surface area contributed by atoms with Crippen LogP contribution in [0.4, 0.5) is 16.4 Å². The van der Waals surface area contributed by atoms with Gasteiger partial charge in [-0.15, -0.1) is 11.3 Å². The second-order valence-electron chi connectivity index (χ2n) is 6.84. The van der Waals surface area contributed by atoms with E-state index in [0.29, 0.717) is 22.9 Å². The Labute approximate surface area is 169 Å². The zero-order chi connectivity index (χ0) is 21.3. The minimum atomic E-state index is -0.801. The summed E-state index contributed by atoms with van der Waals surface area (Å²) >= 11 is 1.29. The number of nitro groups is 2. The molecule has 1 aromatic carbocycles. The molecule has 0 saturated carbocycles. The standard InChI is InChI=1S/C18H18N4O6S/c1-9-3-4-13-14(5-9)29-18(15(13)17(24)19-2)20-16(23)10-6-11(21(25)26)8-12(7-10)22(27)28/h6-9H,3-5H2,1-2H3,(H,19,24)(H,20,23). The van der Waals surface area contributed by atoms with Crippen LogP contribution >= 0.6 is 11.3 Å². The SMILES string of the molecule is CNC(=O)c1c(NC(=O)c2cc([N+](=O)[O-])cc([N+](=O)[O-])c2)sc2c1CCC(C)C2. The lowest BCUT2D eigenvalue weighted by Crippen LogP contribution is -2.22. The van der Waals surface area contributed by atoms with E-state index in [1.165, 1.54) is 18.4 Å². The molecule has 0 saturated heterocycles. The van der Waals surface area contributed by atoms with Crippen LogP contribution in [0.5, 0.6) is 0 Å². The van der Waals surface area contributed by atoms with E-state index in [1.54, 1.807) is 0 Å². The average molecular weight is 418 g/mol. The summed E-state index contributed by atoms with van der Waals surface area (Å²) in [6.07, 6.45) is 2.44. The Balaban J connectivity index is 2.00. The third-order valence-corrected chi connectivity index (χ3v) is 5.95. The topological polar surface area (TPSA) is 144 Å². The number of benzene rings is 1. The molecule has 1 aliphatic rings. The summed E-state index contributed by atoms with van der Waals surface area (Å²) in [4.78, 5) is 46.7. The minimum Gasteiger partial charge on any atom is -0.355 e. The first-order valence-electron chi connectivity index (χ1n) is 8.83.